The van der Waals surface area contributed by atoms with E-state index in [4.69, 9.17) is 30.5 Å². The van der Waals surface area contributed by atoms with Crippen LogP contribution in [0.1, 0.15) is 30.5 Å². The number of ketones is 1. The zero-order chi connectivity index (χ0) is 24.8. The largest absolute Gasteiger partial charge is 0.507 e. The number of hydrogen-bond donors (Lipinski definition) is 1. The fraction of sp³-hybridized carbons (Fsp3) is 0.360. The van der Waals surface area contributed by atoms with Gasteiger partial charge in [0.2, 0.25) is 0 Å². The van der Waals surface area contributed by atoms with Crippen LogP contribution in [0.25, 0.3) is 5.76 Å². The zero-order valence-corrected chi connectivity index (χ0v) is 20.3. The monoisotopic (exact) mass is 489 g/mol. The first kappa shape index (κ1) is 25.4. The normalized spacial score (nSPS) is 17.2. The molecule has 1 amide bonds. The quantitative estimate of drug-likeness (QED) is 0.231. The van der Waals surface area contributed by atoms with Crippen molar-refractivity contribution in [2.75, 3.05) is 41.1 Å². The Bertz CT molecular complexity index is 1100. The Hall–Kier alpha value is -3.23. The van der Waals surface area contributed by atoms with Gasteiger partial charge >= 0.3 is 0 Å². The number of nitrogens with zero attached hydrogens (tertiary/aromatic N) is 1. The Morgan fingerprint density at radius 2 is 1.74 bits per heavy atom. The first-order valence-electron chi connectivity index (χ1n) is 10.8. The Kier molecular flexibility index (Phi) is 8.41. The SMILES string of the molecule is CCOc1ccc(C(O)=C2C(=O)C(=O)N(CCCOC)[C@H]2c2ccc(OC)c(OC)c2)cc1Cl. The van der Waals surface area contributed by atoms with E-state index in [2.05, 4.69) is 0 Å². The molecule has 1 aliphatic rings. The number of aliphatic hydroxyl groups excluding tert-OH is 1. The molecule has 0 spiro atoms. The Balaban J connectivity index is 2.15. The molecule has 1 saturated heterocycles. The van der Waals surface area contributed by atoms with Crippen molar-refractivity contribution in [1.82, 2.24) is 4.90 Å². The first-order chi connectivity index (χ1) is 16.4. The van der Waals surface area contributed by atoms with E-state index in [1.54, 1.807) is 37.4 Å². The summed E-state index contributed by atoms with van der Waals surface area (Å²) in [5.41, 5.74) is 0.858. The minimum absolute atomic E-state index is 0.0325. The Morgan fingerprint density at radius 3 is 2.35 bits per heavy atom. The minimum atomic E-state index is -0.831. The molecule has 0 aromatic heterocycles. The highest BCUT2D eigenvalue weighted by Gasteiger charge is 2.46. The van der Waals surface area contributed by atoms with Crippen molar-refractivity contribution in [1.29, 1.82) is 0 Å². The molecular formula is C25H28ClNO7. The number of ether oxygens (including phenoxy) is 4. The first-order valence-corrected chi connectivity index (χ1v) is 11.2. The van der Waals surface area contributed by atoms with Gasteiger partial charge in [-0.15, -0.1) is 0 Å². The number of aliphatic hydroxyl groups is 1. The standard InChI is InChI=1S/C25H28ClNO7/c1-5-34-18-9-8-16(13-17(18)26)23(28)21-22(15-7-10-19(32-3)20(14-15)33-4)27(11-6-12-31-2)25(30)24(21)29/h7-10,13-14,22,28H,5-6,11-12H2,1-4H3/t22-/m0/s1. The van der Waals surface area contributed by atoms with Gasteiger partial charge < -0.3 is 29.0 Å². The third-order valence-corrected chi connectivity index (χ3v) is 5.81. The molecule has 34 heavy (non-hydrogen) atoms. The highest BCUT2D eigenvalue weighted by molar-refractivity contribution is 6.46. The number of methoxy groups -OCH3 is 3. The lowest BCUT2D eigenvalue weighted by Crippen LogP contribution is -2.31. The van der Waals surface area contributed by atoms with Crippen molar-refractivity contribution >= 4 is 29.1 Å². The summed E-state index contributed by atoms with van der Waals surface area (Å²) in [6, 6.07) is 9.00. The molecular weight excluding hydrogens is 462 g/mol. The summed E-state index contributed by atoms with van der Waals surface area (Å²) in [7, 11) is 4.58. The summed E-state index contributed by atoms with van der Waals surface area (Å²) in [6.07, 6.45) is 0.516. The number of amides is 1. The van der Waals surface area contributed by atoms with Gasteiger partial charge in [0.1, 0.15) is 11.5 Å². The smallest absolute Gasteiger partial charge is 0.295 e. The topological polar surface area (TPSA) is 94.5 Å². The van der Waals surface area contributed by atoms with Gasteiger partial charge in [-0.2, -0.15) is 0 Å². The second-order valence-electron chi connectivity index (χ2n) is 7.53. The van der Waals surface area contributed by atoms with E-state index in [1.165, 1.54) is 25.2 Å². The molecule has 2 aromatic carbocycles. The number of hydrogen-bond acceptors (Lipinski definition) is 7. The summed E-state index contributed by atoms with van der Waals surface area (Å²) in [5, 5.41) is 11.5. The van der Waals surface area contributed by atoms with E-state index in [9.17, 15) is 14.7 Å². The van der Waals surface area contributed by atoms with Crippen LogP contribution in [0.15, 0.2) is 42.0 Å². The highest BCUT2D eigenvalue weighted by Crippen LogP contribution is 2.42. The number of rotatable bonds is 10. The molecule has 0 bridgehead atoms. The maximum absolute atomic E-state index is 13.1. The van der Waals surface area contributed by atoms with Gasteiger partial charge in [-0.25, -0.2) is 0 Å². The average molecular weight is 490 g/mol. The maximum atomic E-state index is 13.1. The van der Waals surface area contributed by atoms with Crippen LogP contribution in [0.2, 0.25) is 5.02 Å². The molecule has 1 heterocycles. The van der Waals surface area contributed by atoms with Crippen LogP contribution >= 0.6 is 11.6 Å². The molecule has 9 heteroatoms. The molecule has 0 unspecified atom stereocenters. The zero-order valence-electron chi connectivity index (χ0n) is 19.6. The second-order valence-corrected chi connectivity index (χ2v) is 7.94. The van der Waals surface area contributed by atoms with Crippen LogP contribution in [0.5, 0.6) is 17.2 Å². The lowest BCUT2D eigenvalue weighted by Gasteiger charge is -2.26. The molecule has 1 fully saturated rings. The number of carbonyl (C=O) groups excluding carboxylic acids is 2. The van der Waals surface area contributed by atoms with Crippen LogP contribution in [0, 0.1) is 0 Å². The summed E-state index contributed by atoms with van der Waals surface area (Å²) >= 11 is 6.30. The predicted molar refractivity (Wildman–Crippen MR) is 128 cm³/mol. The Labute approximate surface area is 203 Å². The van der Waals surface area contributed by atoms with E-state index in [0.717, 1.165) is 0 Å². The summed E-state index contributed by atoms with van der Waals surface area (Å²) in [5.74, 6) is -0.406. The van der Waals surface area contributed by atoms with Crippen LogP contribution in [-0.4, -0.2) is 62.8 Å². The van der Waals surface area contributed by atoms with Gasteiger partial charge in [0.05, 0.1) is 37.5 Å². The van der Waals surface area contributed by atoms with E-state index in [1.807, 2.05) is 6.92 Å². The molecule has 1 N–H and O–H groups in total. The molecule has 0 radical (unpaired) electrons. The van der Waals surface area contributed by atoms with Crippen molar-refractivity contribution in [3.05, 3.63) is 58.1 Å². The lowest BCUT2D eigenvalue weighted by atomic mass is 9.95. The molecule has 0 saturated carbocycles. The van der Waals surface area contributed by atoms with E-state index in [0.29, 0.717) is 48.0 Å². The molecule has 182 valence electrons. The van der Waals surface area contributed by atoms with Crippen LogP contribution in [0.3, 0.4) is 0 Å². The Morgan fingerprint density at radius 1 is 1.03 bits per heavy atom. The van der Waals surface area contributed by atoms with Crippen molar-refractivity contribution in [2.24, 2.45) is 0 Å². The third kappa shape index (κ3) is 4.98. The fourth-order valence-corrected chi connectivity index (χ4v) is 4.17. The van der Waals surface area contributed by atoms with Crippen LogP contribution in [0.4, 0.5) is 0 Å². The van der Waals surface area contributed by atoms with Crippen molar-refractivity contribution in [3.8, 4) is 17.2 Å². The lowest BCUT2D eigenvalue weighted by molar-refractivity contribution is -0.140. The summed E-state index contributed by atoms with van der Waals surface area (Å²) in [6.45, 7) is 2.93. The highest BCUT2D eigenvalue weighted by atomic mass is 35.5. The third-order valence-electron chi connectivity index (χ3n) is 5.52. The number of halogens is 1. The van der Waals surface area contributed by atoms with Gasteiger partial charge in [0, 0.05) is 25.8 Å². The molecule has 2 aromatic rings. The van der Waals surface area contributed by atoms with Gasteiger partial charge in [0.15, 0.2) is 11.5 Å². The molecule has 1 aliphatic heterocycles. The molecule has 8 nitrogen and oxygen atoms in total. The number of benzene rings is 2. The minimum Gasteiger partial charge on any atom is -0.507 e. The fourth-order valence-electron chi connectivity index (χ4n) is 3.94. The summed E-state index contributed by atoms with van der Waals surface area (Å²) < 4.78 is 21.3. The van der Waals surface area contributed by atoms with Crippen molar-refractivity contribution in [2.45, 2.75) is 19.4 Å². The number of Topliss-reactive ketones (excluding diaryl/α,β-unsaturated/α-hetero) is 1. The molecule has 0 aliphatic carbocycles. The van der Waals surface area contributed by atoms with E-state index in [-0.39, 0.29) is 22.9 Å². The average Bonchev–Trinajstić information content (AvgIpc) is 3.09. The van der Waals surface area contributed by atoms with Crippen LogP contribution in [-0.2, 0) is 14.3 Å². The van der Waals surface area contributed by atoms with Gasteiger partial charge in [-0.1, -0.05) is 17.7 Å². The maximum Gasteiger partial charge on any atom is 0.295 e. The van der Waals surface area contributed by atoms with Gasteiger partial charge in [-0.3, -0.25) is 9.59 Å². The van der Waals surface area contributed by atoms with Gasteiger partial charge in [0.25, 0.3) is 11.7 Å². The van der Waals surface area contributed by atoms with Crippen molar-refractivity contribution < 1.29 is 33.6 Å². The summed E-state index contributed by atoms with van der Waals surface area (Å²) in [4.78, 5) is 27.6. The number of likely N-dealkylation sites (tertiary alicyclic amines) is 1. The van der Waals surface area contributed by atoms with E-state index < -0.39 is 17.7 Å². The van der Waals surface area contributed by atoms with Crippen molar-refractivity contribution in [3.63, 3.8) is 0 Å². The van der Waals surface area contributed by atoms with E-state index >= 15 is 0 Å². The van der Waals surface area contributed by atoms with Crippen LogP contribution < -0.4 is 14.2 Å². The number of carbonyl (C=O) groups is 2. The predicted octanol–water partition coefficient (Wildman–Crippen LogP) is 4.21. The van der Waals surface area contributed by atoms with Gasteiger partial charge in [-0.05, 0) is 49.2 Å². The molecule has 1 atom stereocenters. The molecule has 3 rings (SSSR count). The second kappa shape index (κ2) is 11.3.